The van der Waals surface area contributed by atoms with Crippen molar-refractivity contribution < 1.29 is 4.74 Å². The van der Waals surface area contributed by atoms with Crippen LogP contribution in [0.2, 0.25) is 0 Å². The molecule has 1 aromatic carbocycles. The highest BCUT2D eigenvalue weighted by Gasteiger charge is 2.26. The molecule has 2 rings (SSSR count). The maximum atomic E-state index is 9.29. The van der Waals surface area contributed by atoms with E-state index in [0.717, 1.165) is 42.1 Å². The predicted molar refractivity (Wildman–Crippen MR) is 79.6 cm³/mol. The number of nitrogens with zero attached hydrogens (tertiary/aromatic N) is 1. The van der Waals surface area contributed by atoms with Crippen LogP contribution in [0.5, 0.6) is 0 Å². The minimum atomic E-state index is 0.363. The SMILES string of the molecule is CCC1OCCC1CNc1cccc(SC)c1C#N. The van der Waals surface area contributed by atoms with E-state index >= 15 is 0 Å². The van der Waals surface area contributed by atoms with Crippen molar-refractivity contribution in [3.63, 3.8) is 0 Å². The van der Waals surface area contributed by atoms with Crippen molar-refractivity contribution in [1.82, 2.24) is 0 Å². The second kappa shape index (κ2) is 6.83. The molecule has 1 fully saturated rings. The second-order valence-electron chi connectivity index (χ2n) is 4.74. The minimum Gasteiger partial charge on any atom is -0.384 e. The van der Waals surface area contributed by atoms with E-state index in [0.29, 0.717) is 12.0 Å². The monoisotopic (exact) mass is 276 g/mol. The Kier molecular flexibility index (Phi) is 5.12. The third kappa shape index (κ3) is 3.23. The lowest BCUT2D eigenvalue weighted by Gasteiger charge is -2.18. The molecule has 1 heterocycles. The largest absolute Gasteiger partial charge is 0.384 e. The van der Waals surface area contributed by atoms with Crippen molar-refractivity contribution in [1.29, 1.82) is 5.26 Å². The van der Waals surface area contributed by atoms with Gasteiger partial charge in [0.25, 0.3) is 0 Å². The highest BCUT2D eigenvalue weighted by atomic mass is 32.2. The molecule has 2 atom stereocenters. The average Bonchev–Trinajstić information content (AvgIpc) is 2.91. The summed E-state index contributed by atoms with van der Waals surface area (Å²) < 4.78 is 5.70. The van der Waals surface area contributed by atoms with Gasteiger partial charge in [-0.2, -0.15) is 5.26 Å². The van der Waals surface area contributed by atoms with Gasteiger partial charge in [0.05, 0.1) is 17.4 Å². The second-order valence-corrected chi connectivity index (χ2v) is 5.59. The number of anilines is 1. The van der Waals surface area contributed by atoms with Crippen molar-refractivity contribution in [2.45, 2.75) is 30.8 Å². The number of ether oxygens (including phenoxy) is 1. The molecule has 0 saturated carbocycles. The van der Waals surface area contributed by atoms with Crippen molar-refractivity contribution in [2.75, 3.05) is 24.7 Å². The van der Waals surface area contributed by atoms with Crippen LogP contribution in [-0.2, 0) is 4.74 Å². The fourth-order valence-electron chi connectivity index (χ4n) is 2.58. The van der Waals surface area contributed by atoms with Gasteiger partial charge in [0.15, 0.2) is 0 Å². The first kappa shape index (κ1) is 14.2. The molecule has 1 N–H and O–H groups in total. The van der Waals surface area contributed by atoms with Crippen LogP contribution in [0.1, 0.15) is 25.3 Å². The van der Waals surface area contributed by atoms with Gasteiger partial charge in [-0.1, -0.05) is 13.0 Å². The maximum absolute atomic E-state index is 9.29. The fraction of sp³-hybridized carbons (Fsp3) is 0.533. The summed E-state index contributed by atoms with van der Waals surface area (Å²) in [6.07, 6.45) is 4.53. The number of hydrogen-bond acceptors (Lipinski definition) is 4. The van der Waals surface area contributed by atoms with E-state index < -0.39 is 0 Å². The quantitative estimate of drug-likeness (QED) is 0.836. The molecule has 0 radical (unpaired) electrons. The molecule has 3 nitrogen and oxygen atoms in total. The standard InChI is InChI=1S/C15H20N2OS/c1-3-14-11(7-8-18-14)10-17-13-5-4-6-15(19-2)12(13)9-16/h4-6,11,14,17H,3,7-8,10H2,1-2H3. The summed E-state index contributed by atoms with van der Waals surface area (Å²) in [5.74, 6) is 0.550. The summed E-state index contributed by atoms with van der Waals surface area (Å²) >= 11 is 1.61. The molecule has 1 aromatic rings. The van der Waals surface area contributed by atoms with Gasteiger partial charge >= 0.3 is 0 Å². The van der Waals surface area contributed by atoms with E-state index in [2.05, 4.69) is 18.3 Å². The van der Waals surface area contributed by atoms with Crippen molar-refractivity contribution in [3.8, 4) is 6.07 Å². The van der Waals surface area contributed by atoms with Crippen LogP contribution in [0.4, 0.5) is 5.69 Å². The molecule has 0 aliphatic carbocycles. The zero-order valence-corrected chi connectivity index (χ0v) is 12.3. The van der Waals surface area contributed by atoms with Crippen LogP contribution in [0.25, 0.3) is 0 Å². The molecule has 1 aliphatic rings. The molecule has 2 unspecified atom stereocenters. The zero-order valence-electron chi connectivity index (χ0n) is 11.5. The molecule has 0 amide bonds. The topological polar surface area (TPSA) is 45.0 Å². The van der Waals surface area contributed by atoms with Gasteiger partial charge in [-0.3, -0.25) is 0 Å². The number of benzene rings is 1. The van der Waals surface area contributed by atoms with Gasteiger partial charge < -0.3 is 10.1 Å². The molecule has 1 aliphatic heterocycles. The molecule has 0 bridgehead atoms. The van der Waals surface area contributed by atoms with E-state index in [1.807, 2.05) is 24.5 Å². The average molecular weight is 276 g/mol. The highest BCUT2D eigenvalue weighted by molar-refractivity contribution is 7.98. The van der Waals surface area contributed by atoms with Gasteiger partial charge in [-0.25, -0.2) is 0 Å². The smallest absolute Gasteiger partial charge is 0.102 e. The predicted octanol–water partition coefficient (Wildman–Crippen LogP) is 3.51. The lowest BCUT2D eigenvalue weighted by molar-refractivity contribution is 0.0900. The van der Waals surface area contributed by atoms with Gasteiger partial charge in [0, 0.05) is 24.0 Å². The Bertz CT molecular complexity index is 470. The number of rotatable bonds is 5. The molecule has 102 valence electrons. The summed E-state index contributed by atoms with van der Waals surface area (Å²) in [5, 5.41) is 12.7. The normalized spacial score (nSPS) is 22.2. The summed E-state index contributed by atoms with van der Waals surface area (Å²) in [5.41, 5.74) is 1.69. The molecular weight excluding hydrogens is 256 g/mol. The van der Waals surface area contributed by atoms with Crippen LogP contribution >= 0.6 is 11.8 Å². The molecule has 1 saturated heterocycles. The van der Waals surface area contributed by atoms with Crippen LogP contribution < -0.4 is 5.32 Å². The number of thioether (sulfide) groups is 1. The van der Waals surface area contributed by atoms with Gasteiger partial charge in [-0.05, 0) is 31.2 Å². The summed E-state index contributed by atoms with van der Waals surface area (Å²) in [4.78, 5) is 1.03. The van der Waals surface area contributed by atoms with Gasteiger partial charge in [-0.15, -0.1) is 11.8 Å². The summed E-state index contributed by atoms with van der Waals surface area (Å²) in [7, 11) is 0. The third-order valence-electron chi connectivity index (χ3n) is 3.66. The van der Waals surface area contributed by atoms with Crippen LogP contribution in [-0.4, -0.2) is 25.5 Å². The summed E-state index contributed by atoms with van der Waals surface area (Å²) in [6, 6.07) is 8.27. The number of hydrogen-bond donors (Lipinski definition) is 1. The van der Waals surface area contributed by atoms with Crippen LogP contribution in [0, 0.1) is 17.2 Å². The Labute approximate surface area is 119 Å². The van der Waals surface area contributed by atoms with Crippen LogP contribution in [0.3, 0.4) is 0 Å². The van der Waals surface area contributed by atoms with E-state index in [9.17, 15) is 5.26 Å². The fourth-order valence-corrected chi connectivity index (χ4v) is 3.16. The molecular formula is C15H20N2OS. The van der Waals surface area contributed by atoms with Crippen LogP contribution in [0.15, 0.2) is 23.1 Å². The minimum absolute atomic E-state index is 0.363. The van der Waals surface area contributed by atoms with Crippen molar-refractivity contribution >= 4 is 17.4 Å². The Morgan fingerprint density at radius 2 is 2.37 bits per heavy atom. The maximum Gasteiger partial charge on any atom is 0.102 e. The molecule has 0 aromatic heterocycles. The lowest BCUT2D eigenvalue weighted by atomic mass is 9.99. The molecule has 4 heteroatoms. The van der Waals surface area contributed by atoms with E-state index in [4.69, 9.17) is 4.74 Å². The number of nitriles is 1. The van der Waals surface area contributed by atoms with E-state index in [-0.39, 0.29) is 0 Å². The number of nitrogens with one attached hydrogen (secondary N) is 1. The first-order chi connectivity index (χ1) is 9.30. The van der Waals surface area contributed by atoms with E-state index in [1.165, 1.54) is 0 Å². The van der Waals surface area contributed by atoms with Crippen molar-refractivity contribution in [3.05, 3.63) is 23.8 Å². The Hall–Kier alpha value is -1.18. The Balaban J connectivity index is 2.05. The van der Waals surface area contributed by atoms with E-state index in [1.54, 1.807) is 11.8 Å². The lowest BCUT2D eigenvalue weighted by Crippen LogP contribution is -2.23. The molecule has 0 spiro atoms. The molecule has 19 heavy (non-hydrogen) atoms. The Morgan fingerprint density at radius 3 is 3.05 bits per heavy atom. The Morgan fingerprint density at radius 1 is 1.53 bits per heavy atom. The van der Waals surface area contributed by atoms with Gasteiger partial charge in [0.1, 0.15) is 6.07 Å². The van der Waals surface area contributed by atoms with Gasteiger partial charge in [0.2, 0.25) is 0 Å². The third-order valence-corrected chi connectivity index (χ3v) is 4.44. The highest BCUT2D eigenvalue weighted by Crippen LogP contribution is 2.28. The zero-order chi connectivity index (χ0) is 13.7. The first-order valence-electron chi connectivity index (χ1n) is 6.72. The van der Waals surface area contributed by atoms with Crippen molar-refractivity contribution in [2.24, 2.45) is 5.92 Å². The first-order valence-corrected chi connectivity index (χ1v) is 7.95. The summed E-state index contributed by atoms with van der Waals surface area (Å²) in [6.45, 7) is 3.91.